The fourth-order valence-corrected chi connectivity index (χ4v) is 0.302. The van der Waals surface area contributed by atoms with E-state index in [1.165, 1.54) is 12.3 Å². The number of rotatable bonds is 0. The van der Waals surface area contributed by atoms with Gasteiger partial charge in [0.05, 0.1) is 0 Å². The summed E-state index contributed by atoms with van der Waals surface area (Å²) >= 11 is 0. The molecular weight excluding hydrogens is 95.1 g/mol. The van der Waals surface area contributed by atoms with E-state index in [0.29, 0.717) is 0 Å². The summed E-state index contributed by atoms with van der Waals surface area (Å²) in [4.78, 5) is 0. The van der Waals surface area contributed by atoms with Gasteiger partial charge < -0.3 is 0 Å². The molecule has 7 heavy (non-hydrogen) atoms. The first-order valence-electron chi connectivity index (χ1n) is 1.86. The number of nitrogens with one attached hydrogen (secondary N) is 1. The lowest BCUT2D eigenvalue weighted by Gasteiger charge is -2.06. The van der Waals surface area contributed by atoms with Crippen molar-refractivity contribution >= 4 is 0 Å². The Balaban J connectivity index is 2.49. The minimum absolute atomic E-state index is 0.250. The number of allylic oxidation sites excluding steroid dienone is 2. The van der Waals surface area contributed by atoms with Crippen LogP contribution in [0.15, 0.2) is 18.4 Å². The highest BCUT2D eigenvalue weighted by atomic mass is 19.2. The van der Waals surface area contributed by atoms with Crippen molar-refractivity contribution in [2.75, 3.05) is 0 Å². The molecule has 0 aromatic rings. The predicted octanol–water partition coefficient (Wildman–Crippen LogP) is 0.522. The van der Waals surface area contributed by atoms with E-state index in [1.807, 2.05) is 0 Å². The highest BCUT2D eigenvalue weighted by molar-refractivity contribution is 4.99. The van der Waals surface area contributed by atoms with Gasteiger partial charge >= 0.3 is 0 Å². The van der Waals surface area contributed by atoms with Crippen molar-refractivity contribution in [3.8, 4) is 0 Å². The lowest BCUT2D eigenvalue weighted by molar-refractivity contribution is 0.0337. The van der Waals surface area contributed by atoms with Gasteiger partial charge in [-0.2, -0.15) is 0 Å². The normalized spacial score (nSPS) is 17.0. The molecule has 2 nitrogen and oxygen atoms in total. The van der Waals surface area contributed by atoms with Gasteiger partial charge in [0.2, 0.25) is 0 Å². The summed E-state index contributed by atoms with van der Waals surface area (Å²) < 4.78 is 11.7. The van der Waals surface area contributed by atoms with E-state index in [4.69, 9.17) is 0 Å². The Hall–Kier alpha value is -0.990. The quantitative estimate of drug-likeness (QED) is 0.445. The smallest absolute Gasteiger partial charge is 0.121 e. The lowest BCUT2D eigenvalue weighted by atomic mass is 10.5. The zero-order valence-electron chi connectivity index (χ0n) is 3.56. The fourth-order valence-electron chi connectivity index (χ4n) is 0.302. The van der Waals surface area contributed by atoms with Gasteiger partial charge in [-0.05, 0) is 12.2 Å². The molecule has 0 aromatic carbocycles. The van der Waals surface area contributed by atoms with Gasteiger partial charge in [-0.1, -0.05) is 4.48 Å². The third-order valence-electron chi connectivity index (χ3n) is 0.568. The van der Waals surface area contributed by atoms with Crippen molar-refractivity contribution in [3.63, 3.8) is 0 Å². The first-order valence-corrected chi connectivity index (χ1v) is 1.86. The van der Waals surface area contributed by atoms with Crippen molar-refractivity contribution in [1.82, 2.24) is 10.7 Å². The van der Waals surface area contributed by atoms with Crippen LogP contribution in [-0.2, 0) is 0 Å². The lowest BCUT2D eigenvalue weighted by Crippen LogP contribution is -2.21. The second-order valence-corrected chi connectivity index (χ2v) is 1.06. The summed E-state index contributed by atoms with van der Waals surface area (Å²) in [5, 5.41) is 0.250. The summed E-state index contributed by atoms with van der Waals surface area (Å²) in [5.74, 6) is 0. The molecule has 0 aromatic heterocycles. The van der Waals surface area contributed by atoms with Crippen molar-refractivity contribution in [3.05, 3.63) is 24.6 Å². The molecule has 0 unspecified atom stereocenters. The van der Waals surface area contributed by atoms with Crippen molar-refractivity contribution in [2.24, 2.45) is 0 Å². The monoisotopic (exact) mass is 99.0 g/mol. The second-order valence-electron chi connectivity index (χ2n) is 1.06. The van der Waals surface area contributed by atoms with E-state index in [1.54, 1.807) is 6.08 Å². The molecule has 1 aliphatic heterocycles. The Bertz CT molecular complexity index is 108. The number of nitrogens with zero attached hydrogens (tertiary/aromatic N) is 1. The van der Waals surface area contributed by atoms with Crippen LogP contribution in [0.3, 0.4) is 0 Å². The number of hydrogen-bond acceptors (Lipinski definition) is 2. The number of hydrazine groups is 1. The largest absolute Gasteiger partial charge is 0.278 e. The SMILES string of the molecule is FN1[C]=CC=CN1. The predicted molar refractivity (Wildman–Crippen MR) is 23.0 cm³/mol. The summed E-state index contributed by atoms with van der Waals surface area (Å²) in [6, 6.07) is 0. The van der Waals surface area contributed by atoms with E-state index < -0.39 is 0 Å². The van der Waals surface area contributed by atoms with Crippen LogP contribution in [0.1, 0.15) is 0 Å². The molecule has 0 amide bonds. The molecule has 1 rings (SSSR count). The summed E-state index contributed by atoms with van der Waals surface area (Å²) in [5.41, 5.74) is 2.23. The molecule has 0 aliphatic carbocycles. The highest BCUT2D eigenvalue weighted by Gasteiger charge is 1.90. The van der Waals surface area contributed by atoms with Gasteiger partial charge in [0.1, 0.15) is 6.20 Å². The molecule has 0 bridgehead atoms. The molecule has 1 radical (unpaired) electrons. The van der Waals surface area contributed by atoms with Crippen LogP contribution in [0.4, 0.5) is 4.48 Å². The van der Waals surface area contributed by atoms with E-state index >= 15 is 0 Å². The van der Waals surface area contributed by atoms with Crippen LogP contribution in [0.5, 0.6) is 0 Å². The molecule has 3 heteroatoms. The summed E-state index contributed by atoms with van der Waals surface area (Å²) in [6.07, 6.45) is 6.81. The molecule has 0 saturated carbocycles. The van der Waals surface area contributed by atoms with Crippen LogP contribution < -0.4 is 5.43 Å². The van der Waals surface area contributed by atoms with Crippen LogP contribution in [0, 0.1) is 6.20 Å². The molecule has 1 N–H and O–H groups in total. The van der Waals surface area contributed by atoms with Crippen LogP contribution in [0.2, 0.25) is 0 Å². The van der Waals surface area contributed by atoms with Crippen molar-refractivity contribution < 1.29 is 4.48 Å². The minimum Gasteiger partial charge on any atom is -0.278 e. The number of hydrogen-bond donors (Lipinski definition) is 1. The molecular formula is C4H4FN2. The van der Waals surface area contributed by atoms with Gasteiger partial charge in [-0.3, -0.25) is 5.43 Å². The fraction of sp³-hybridized carbons (Fsp3) is 0. The van der Waals surface area contributed by atoms with Gasteiger partial charge in [0, 0.05) is 6.20 Å². The van der Waals surface area contributed by atoms with Crippen molar-refractivity contribution in [2.45, 2.75) is 0 Å². The second kappa shape index (κ2) is 1.64. The molecule has 0 fully saturated rings. The highest BCUT2D eigenvalue weighted by Crippen LogP contribution is 1.88. The van der Waals surface area contributed by atoms with Crippen molar-refractivity contribution in [1.29, 1.82) is 0 Å². The molecule has 0 atom stereocenters. The van der Waals surface area contributed by atoms with Gasteiger partial charge in [-0.15, -0.1) is 5.23 Å². The first-order chi connectivity index (χ1) is 3.39. The maximum Gasteiger partial charge on any atom is 0.121 e. The Morgan fingerprint density at radius 3 is 2.86 bits per heavy atom. The first kappa shape index (κ1) is 4.18. The van der Waals surface area contributed by atoms with E-state index in [9.17, 15) is 4.48 Å². The maximum atomic E-state index is 11.7. The van der Waals surface area contributed by atoms with Gasteiger partial charge in [0.15, 0.2) is 0 Å². The Kier molecular flexibility index (Phi) is 0.978. The number of halogens is 1. The van der Waals surface area contributed by atoms with E-state index in [2.05, 4.69) is 11.6 Å². The van der Waals surface area contributed by atoms with Gasteiger partial charge in [-0.25, -0.2) is 0 Å². The maximum absolute atomic E-state index is 11.7. The zero-order chi connectivity index (χ0) is 5.11. The van der Waals surface area contributed by atoms with E-state index in [-0.39, 0.29) is 5.23 Å². The van der Waals surface area contributed by atoms with Crippen LogP contribution in [-0.4, -0.2) is 5.23 Å². The Labute approximate surface area is 40.8 Å². The third-order valence-corrected chi connectivity index (χ3v) is 0.568. The summed E-state index contributed by atoms with van der Waals surface area (Å²) in [6.45, 7) is 0. The average Bonchev–Trinajstić information content (AvgIpc) is 1.69. The van der Waals surface area contributed by atoms with E-state index in [0.717, 1.165) is 0 Å². The molecule has 0 spiro atoms. The molecule has 0 saturated heterocycles. The minimum atomic E-state index is 0.250. The van der Waals surface area contributed by atoms with Crippen LogP contribution >= 0.6 is 0 Å². The molecule has 37 valence electrons. The third kappa shape index (κ3) is 0.924. The zero-order valence-corrected chi connectivity index (χ0v) is 3.56. The standard InChI is InChI=1S/C4H4FN2/c5-7-4-2-1-3-6-7/h1-3,6H. The Morgan fingerprint density at radius 2 is 2.57 bits per heavy atom. The van der Waals surface area contributed by atoms with Crippen LogP contribution in [0.25, 0.3) is 0 Å². The average molecular weight is 99.1 g/mol. The van der Waals surface area contributed by atoms with Gasteiger partial charge in [0.25, 0.3) is 0 Å². The Morgan fingerprint density at radius 1 is 1.71 bits per heavy atom. The summed E-state index contributed by atoms with van der Waals surface area (Å²) in [7, 11) is 0. The molecule has 1 aliphatic rings. The molecule has 1 heterocycles. The topological polar surface area (TPSA) is 15.3 Å².